The van der Waals surface area contributed by atoms with Crippen molar-refractivity contribution in [1.29, 1.82) is 0 Å². The standard InChI is InChI=1S/C25H23N3O4/c1-30-21-11-7-19(8-12-21)25-27-24(32-28-25)16-15-23(29)26-20-9-13-22(14-10-20)31-17-18-5-3-2-4-6-18/h2-14H,15-17H2,1H3,(H,26,29). The fourth-order valence-corrected chi connectivity index (χ4v) is 3.03. The van der Waals surface area contributed by atoms with E-state index in [9.17, 15) is 4.79 Å². The van der Waals surface area contributed by atoms with Gasteiger partial charge in [-0.15, -0.1) is 0 Å². The van der Waals surface area contributed by atoms with Crippen molar-refractivity contribution < 1.29 is 18.8 Å². The van der Waals surface area contributed by atoms with E-state index in [4.69, 9.17) is 14.0 Å². The van der Waals surface area contributed by atoms with Gasteiger partial charge in [0.25, 0.3) is 0 Å². The number of hydrogen-bond acceptors (Lipinski definition) is 6. The third-order valence-corrected chi connectivity index (χ3v) is 4.77. The number of hydrogen-bond donors (Lipinski definition) is 1. The summed E-state index contributed by atoms with van der Waals surface area (Å²) in [4.78, 5) is 16.6. The van der Waals surface area contributed by atoms with Gasteiger partial charge in [-0.3, -0.25) is 4.79 Å². The molecule has 0 fully saturated rings. The number of nitrogens with zero attached hydrogens (tertiary/aromatic N) is 2. The number of rotatable bonds is 9. The zero-order valence-corrected chi connectivity index (χ0v) is 17.7. The van der Waals surface area contributed by atoms with E-state index in [1.165, 1.54) is 0 Å². The van der Waals surface area contributed by atoms with E-state index in [2.05, 4.69) is 15.5 Å². The summed E-state index contributed by atoms with van der Waals surface area (Å²) in [7, 11) is 1.61. The first-order chi connectivity index (χ1) is 15.7. The van der Waals surface area contributed by atoms with Crippen LogP contribution in [0.1, 0.15) is 17.9 Å². The summed E-state index contributed by atoms with van der Waals surface area (Å²) in [6, 6.07) is 24.6. The molecule has 7 heteroatoms. The number of amides is 1. The minimum Gasteiger partial charge on any atom is -0.497 e. The fraction of sp³-hybridized carbons (Fsp3) is 0.160. The maximum absolute atomic E-state index is 12.3. The Morgan fingerprint density at radius 3 is 2.38 bits per heavy atom. The van der Waals surface area contributed by atoms with E-state index >= 15 is 0 Å². The second-order valence-corrected chi connectivity index (χ2v) is 7.09. The molecule has 1 heterocycles. The van der Waals surface area contributed by atoms with Gasteiger partial charge in [-0.05, 0) is 54.1 Å². The van der Waals surface area contributed by atoms with E-state index in [0.717, 1.165) is 22.6 Å². The van der Waals surface area contributed by atoms with Crippen molar-refractivity contribution in [3.63, 3.8) is 0 Å². The number of carbonyl (C=O) groups is 1. The molecule has 0 spiro atoms. The molecule has 0 saturated heterocycles. The fourth-order valence-electron chi connectivity index (χ4n) is 3.03. The molecule has 1 N–H and O–H groups in total. The van der Waals surface area contributed by atoms with E-state index in [1.54, 1.807) is 7.11 Å². The van der Waals surface area contributed by atoms with Gasteiger partial charge in [0.1, 0.15) is 18.1 Å². The highest BCUT2D eigenvalue weighted by molar-refractivity contribution is 5.90. The van der Waals surface area contributed by atoms with Crippen LogP contribution in [0.5, 0.6) is 11.5 Å². The van der Waals surface area contributed by atoms with Gasteiger partial charge in [0.05, 0.1) is 7.11 Å². The third kappa shape index (κ3) is 5.72. The highest BCUT2D eigenvalue weighted by atomic mass is 16.5. The Morgan fingerprint density at radius 2 is 1.66 bits per heavy atom. The largest absolute Gasteiger partial charge is 0.497 e. The average molecular weight is 429 g/mol. The van der Waals surface area contributed by atoms with Crippen molar-refractivity contribution >= 4 is 11.6 Å². The molecule has 0 saturated carbocycles. The predicted molar refractivity (Wildman–Crippen MR) is 120 cm³/mol. The summed E-state index contributed by atoms with van der Waals surface area (Å²) in [6.07, 6.45) is 0.587. The molecule has 0 bridgehead atoms. The number of aryl methyl sites for hydroxylation is 1. The minimum atomic E-state index is -0.132. The maximum Gasteiger partial charge on any atom is 0.227 e. The van der Waals surface area contributed by atoms with Crippen molar-refractivity contribution in [2.45, 2.75) is 19.4 Å². The second-order valence-electron chi connectivity index (χ2n) is 7.09. The van der Waals surface area contributed by atoms with Gasteiger partial charge >= 0.3 is 0 Å². The molecule has 0 radical (unpaired) electrons. The van der Waals surface area contributed by atoms with Crippen molar-refractivity contribution in [2.75, 3.05) is 12.4 Å². The Bertz CT molecular complexity index is 1140. The van der Waals surface area contributed by atoms with Gasteiger partial charge in [-0.2, -0.15) is 4.98 Å². The first-order valence-electron chi connectivity index (χ1n) is 10.2. The molecule has 162 valence electrons. The summed E-state index contributed by atoms with van der Waals surface area (Å²) in [5.74, 6) is 2.26. The number of aromatic nitrogens is 2. The topological polar surface area (TPSA) is 86.5 Å². The van der Waals surface area contributed by atoms with Crippen LogP contribution in [0.2, 0.25) is 0 Å². The molecule has 4 rings (SSSR count). The molecular weight excluding hydrogens is 406 g/mol. The molecule has 1 aromatic heterocycles. The van der Waals surface area contributed by atoms with E-state index in [0.29, 0.717) is 30.4 Å². The number of carbonyl (C=O) groups excluding carboxylic acids is 1. The van der Waals surface area contributed by atoms with Crippen LogP contribution < -0.4 is 14.8 Å². The average Bonchev–Trinajstić information content (AvgIpc) is 3.32. The molecule has 32 heavy (non-hydrogen) atoms. The van der Waals surface area contributed by atoms with Gasteiger partial charge in [0.15, 0.2) is 0 Å². The summed E-state index contributed by atoms with van der Waals surface area (Å²) < 4.78 is 16.2. The van der Waals surface area contributed by atoms with Crippen LogP contribution in [0.4, 0.5) is 5.69 Å². The molecule has 0 aliphatic heterocycles. The summed E-state index contributed by atoms with van der Waals surface area (Å²) in [5, 5.41) is 6.85. The number of ether oxygens (including phenoxy) is 2. The molecule has 0 unspecified atom stereocenters. The van der Waals surface area contributed by atoms with Crippen molar-refractivity contribution in [1.82, 2.24) is 10.1 Å². The van der Waals surface area contributed by atoms with Crippen LogP contribution in [0.25, 0.3) is 11.4 Å². The van der Waals surface area contributed by atoms with Crippen LogP contribution in [0.3, 0.4) is 0 Å². The van der Waals surface area contributed by atoms with Gasteiger partial charge in [-0.1, -0.05) is 35.5 Å². The van der Waals surface area contributed by atoms with E-state index in [1.807, 2.05) is 78.9 Å². The molecule has 1 amide bonds. The quantitative estimate of drug-likeness (QED) is 0.407. The first kappa shape index (κ1) is 21.1. The number of nitrogens with one attached hydrogen (secondary N) is 1. The maximum atomic E-state index is 12.3. The molecule has 4 aromatic rings. The van der Waals surface area contributed by atoms with Crippen molar-refractivity contribution in [2.24, 2.45) is 0 Å². The van der Waals surface area contributed by atoms with Crippen LogP contribution in [0.15, 0.2) is 83.4 Å². The lowest BCUT2D eigenvalue weighted by molar-refractivity contribution is -0.116. The van der Waals surface area contributed by atoms with E-state index in [-0.39, 0.29) is 12.3 Å². The van der Waals surface area contributed by atoms with Gasteiger partial charge in [0.2, 0.25) is 17.6 Å². The van der Waals surface area contributed by atoms with Crippen LogP contribution >= 0.6 is 0 Å². The zero-order valence-electron chi connectivity index (χ0n) is 17.7. The van der Waals surface area contributed by atoms with Gasteiger partial charge < -0.3 is 19.3 Å². The first-order valence-corrected chi connectivity index (χ1v) is 10.2. The summed E-state index contributed by atoms with van der Waals surface area (Å²) in [6.45, 7) is 0.495. The normalized spacial score (nSPS) is 10.5. The Hall–Kier alpha value is -4.13. The SMILES string of the molecule is COc1ccc(-c2noc(CCC(=O)Nc3ccc(OCc4ccccc4)cc3)n2)cc1. The predicted octanol–water partition coefficient (Wildman–Crippen LogP) is 4.90. The second kappa shape index (κ2) is 10.3. The number of methoxy groups -OCH3 is 1. The lowest BCUT2D eigenvalue weighted by Gasteiger charge is -2.08. The van der Waals surface area contributed by atoms with Crippen molar-refractivity contribution in [3.05, 3.63) is 90.3 Å². The molecule has 0 atom stereocenters. The Morgan fingerprint density at radius 1 is 0.938 bits per heavy atom. The minimum absolute atomic E-state index is 0.132. The summed E-state index contributed by atoms with van der Waals surface area (Å²) >= 11 is 0. The molecule has 0 aliphatic rings. The highest BCUT2D eigenvalue weighted by Crippen LogP contribution is 2.20. The zero-order chi connectivity index (χ0) is 22.2. The Kier molecular flexibility index (Phi) is 6.77. The molecule has 3 aromatic carbocycles. The lowest BCUT2D eigenvalue weighted by atomic mass is 10.2. The highest BCUT2D eigenvalue weighted by Gasteiger charge is 2.11. The summed E-state index contributed by atoms with van der Waals surface area (Å²) in [5.41, 5.74) is 2.62. The smallest absolute Gasteiger partial charge is 0.227 e. The van der Waals surface area contributed by atoms with Crippen LogP contribution in [0, 0.1) is 0 Å². The Balaban J connectivity index is 1.24. The lowest BCUT2D eigenvalue weighted by Crippen LogP contribution is -2.12. The van der Waals surface area contributed by atoms with E-state index < -0.39 is 0 Å². The molecule has 7 nitrogen and oxygen atoms in total. The number of anilines is 1. The van der Waals surface area contributed by atoms with Crippen molar-refractivity contribution in [3.8, 4) is 22.9 Å². The van der Waals surface area contributed by atoms with Gasteiger partial charge in [0, 0.05) is 24.1 Å². The van der Waals surface area contributed by atoms with Gasteiger partial charge in [-0.25, -0.2) is 0 Å². The Labute approximate surface area is 186 Å². The molecule has 0 aliphatic carbocycles. The number of benzene rings is 3. The third-order valence-electron chi connectivity index (χ3n) is 4.77. The van der Waals surface area contributed by atoms with Crippen LogP contribution in [-0.4, -0.2) is 23.2 Å². The monoisotopic (exact) mass is 429 g/mol. The van der Waals surface area contributed by atoms with Crippen LogP contribution in [-0.2, 0) is 17.8 Å². The molecular formula is C25H23N3O4.